The number of hydrogen-bond donors (Lipinski definition) is 0. The fraction of sp³-hybridized carbons (Fsp3) is 0.467. The van der Waals surface area contributed by atoms with Gasteiger partial charge in [-0.05, 0) is 26.0 Å². The second-order valence-electron chi connectivity index (χ2n) is 2.65. The van der Waals surface area contributed by atoms with Crippen molar-refractivity contribution in [3.63, 3.8) is 0 Å². The molecule has 2 aromatic rings. The molecule has 0 spiro atoms. The molecule has 0 aliphatic heterocycles. The van der Waals surface area contributed by atoms with E-state index in [4.69, 9.17) is 0 Å². The van der Waals surface area contributed by atoms with Crippen molar-refractivity contribution in [2.75, 3.05) is 0 Å². The van der Waals surface area contributed by atoms with Gasteiger partial charge in [0.05, 0.1) is 0 Å². The number of aromatic nitrogens is 4. The van der Waals surface area contributed by atoms with Gasteiger partial charge >= 0.3 is 0 Å². The van der Waals surface area contributed by atoms with Crippen LogP contribution in [0.1, 0.15) is 46.6 Å². The van der Waals surface area contributed by atoms with Gasteiger partial charge in [-0.3, -0.25) is 0 Å². The normalized spacial score (nSPS) is 7.05. The van der Waals surface area contributed by atoms with Crippen molar-refractivity contribution < 1.29 is 0 Å². The van der Waals surface area contributed by atoms with Gasteiger partial charge in [-0.1, -0.05) is 35.1 Å². The van der Waals surface area contributed by atoms with E-state index in [2.05, 4.69) is 19.9 Å². The topological polar surface area (TPSA) is 51.6 Å². The van der Waals surface area contributed by atoms with Crippen molar-refractivity contribution in [2.45, 2.75) is 49.0 Å². The first-order valence-electron chi connectivity index (χ1n) is 6.25. The predicted octanol–water partition coefficient (Wildman–Crippen LogP) is 4.26. The maximum absolute atomic E-state index is 3.87. The Labute approximate surface area is 118 Å². The Morgan fingerprint density at radius 3 is 1.53 bits per heavy atom. The van der Waals surface area contributed by atoms with Gasteiger partial charge < -0.3 is 0 Å². The summed E-state index contributed by atoms with van der Waals surface area (Å²) in [5.41, 5.74) is 1.01. The molecule has 4 nitrogen and oxygen atoms in total. The van der Waals surface area contributed by atoms with Crippen molar-refractivity contribution in [3.05, 3.63) is 48.6 Å². The number of rotatable bonds is 0. The second kappa shape index (κ2) is 18.5. The van der Waals surface area contributed by atoms with Crippen molar-refractivity contribution in [1.82, 2.24) is 19.9 Å². The van der Waals surface area contributed by atoms with E-state index in [0.717, 1.165) is 11.5 Å². The summed E-state index contributed by atoms with van der Waals surface area (Å²) in [6.45, 7) is 11.8. The van der Waals surface area contributed by atoms with Crippen LogP contribution < -0.4 is 0 Å². The lowest BCUT2D eigenvalue weighted by atomic mass is 10.5. The van der Waals surface area contributed by atoms with Gasteiger partial charge in [0, 0.05) is 24.3 Å². The van der Waals surface area contributed by atoms with Crippen molar-refractivity contribution in [1.29, 1.82) is 0 Å². The average molecular weight is 264 g/mol. The van der Waals surface area contributed by atoms with E-state index in [1.54, 1.807) is 24.7 Å². The van der Waals surface area contributed by atoms with E-state index in [1.807, 2.05) is 47.6 Å². The van der Waals surface area contributed by atoms with Crippen LogP contribution in [0.3, 0.4) is 0 Å². The van der Waals surface area contributed by atoms with E-state index in [-0.39, 0.29) is 7.43 Å². The van der Waals surface area contributed by atoms with Crippen LogP contribution in [0.2, 0.25) is 0 Å². The Morgan fingerprint density at radius 2 is 1.32 bits per heavy atom. The van der Waals surface area contributed by atoms with Gasteiger partial charge in [0.1, 0.15) is 12.2 Å². The summed E-state index contributed by atoms with van der Waals surface area (Å²) < 4.78 is 0. The zero-order chi connectivity index (χ0) is 14.2. The van der Waals surface area contributed by atoms with E-state index in [9.17, 15) is 0 Å². The molecule has 0 aliphatic rings. The van der Waals surface area contributed by atoms with Crippen molar-refractivity contribution in [2.24, 2.45) is 0 Å². The first-order chi connectivity index (χ1) is 8.79. The fourth-order valence-corrected chi connectivity index (χ4v) is 0.730. The van der Waals surface area contributed by atoms with Gasteiger partial charge in [-0.2, -0.15) is 0 Å². The van der Waals surface area contributed by atoms with Crippen LogP contribution in [-0.2, 0) is 0 Å². The summed E-state index contributed by atoms with van der Waals surface area (Å²) in [6, 6.07) is 3.66. The van der Waals surface area contributed by atoms with Crippen molar-refractivity contribution >= 4 is 0 Å². The van der Waals surface area contributed by atoms with E-state index < -0.39 is 0 Å². The Balaban J connectivity index is -0.000000205. The molecule has 2 heterocycles. The molecule has 0 aromatic carbocycles. The molecule has 0 saturated carbocycles. The first kappa shape index (κ1) is 22.3. The summed E-state index contributed by atoms with van der Waals surface area (Å²) in [5.74, 6) is 0.822. The average Bonchev–Trinajstić information content (AvgIpc) is 2.46. The van der Waals surface area contributed by atoms with Gasteiger partial charge in [0.15, 0.2) is 0 Å². The molecular formula is C15H28N4. The maximum Gasteiger partial charge on any atom is 0.125 e. The molecule has 0 N–H and O–H groups in total. The third kappa shape index (κ3) is 16.2. The maximum atomic E-state index is 3.87. The van der Waals surface area contributed by atoms with Crippen LogP contribution in [0.4, 0.5) is 0 Å². The van der Waals surface area contributed by atoms with E-state index in [0.29, 0.717) is 0 Å². The smallest absolute Gasteiger partial charge is 0.125 e. The van der Waals surface area contributed by atoms with Crippen LogP contribution in [0.15, 0.2) is 37.1 Å². The highest BCUT2D eigenvalue weighted by Gasteiger charge is 1.75. The summed E-state index contributed by atoms with van der Waals surface area (Å²) >= 11 is 0. The van der Waals surface area contributed by atoms with Gasteiger partial charge in [0.25, 0.3) is 0 Å². The van der Waals surface area contributed by atoms with E-state index >= 15 is 0 Å². The van der Waals surface area contributed by atoms with Crippen LogP contribution in [0.25, 0.3) is 0 Å². The minimum Gasteiger partial charge on any atom is -0.245 e. The molecule has 0 saturated heterocycles. The Hall–Kier alpha value is -1.84. The Kier molecular flexibility index (Phi) is 21.8. The fourth-order valence-electron chi connectivity index (χ4n) is 0.730. The van der Waals surface area contributed by atoms with Crippen LogP contribution in [0.5, 0.6) is 0 Å². The van der Waals surface area contributed by atoms with Gasteiger partial charge in [0.2, 0.25) is 0 Å². The lowest BCUT2D eigenvalue weighted by molar-refractivity contribution is 1.05. The largest absolute Gasteiger partial charge is 0.245 e. The van der Waals surface area contributed by atoms with Gasteiger partial charge in [-0.15, -0.1) is 0 Å². The zero-order valence-corrected chi connectivity index (χ0v) is 12.3. The molecule has 2 rings (SSSR count). The SMILES string of the molecule is C.CC.CC.Cc1ccncn1.Cc1ncccn1. The molecule has 0 fully saturated rings. The molecule has 4 heteroatoms. The molecule has 0 amide bonds. The minimum atomic E-state index is 0. The highest BCUT2D eigenvalue weighted by atomic mass is 14.8. The number of nitrogens with zero attached hydrogens (tertiary/aromatic N) is 4. The Bertz CT molecular complexity index is 312. The molecule has 2 aromatic heterocycles. The minimum absolute atomic E-state index is 0. The lowest BCUT2D eigenvalue weighted by Crippen LogP contribution is -1.80. The molecule has 0 atom stereocenters. The van der Waals surface area contributed by atoms with Crippen LogP contribution in [-0.4, -0.2) is 19.9 Å². The molecule has 0 unspecified atom stereocenters. The standard InChI is InChI=1S/2C5H6N2.2C2H6.CH4/c1-5-2-3-6-4-7-5;1-5-6-3-2-4-7-5;2*1-2;/h2*2-4H,1H3;2*1-2H3;1H4. The zero-order valence-electron chi connectivity index (χ0n) is 12.3. The first-order valence-corrected chi connectivity index (χ1v) is 6.25. The molecule has 19 heavy (non-hydrogen) atoms. The predicted molar refractivity (Wildman–Crippen MR) is 83.0 cm³/mol. The van der Waals surface area contributed by atoms with E-state index in [1.165, 1.54) is 6.33 Å². The third-order valence-corrected chi connectivity index (χ3v) is 1.42. The summed E-state index contributed by atoms with van der Waals surface area (Å²) in [4.78, 5) is 15.3. The highest BCUT2D eigenvalue weighted by Crippen LogP contribution is 1.82. The number of hydrogen-bond acceptors (Lipinski definition) is 4. The molecule has 0 bridgehead atoms. The quantitative estimate of drug-likeness (QED) is 0.713. The summed E-state index contributed by atoms with van der Waals surface area (Å²) in [6.07, 6.45) is 6.71. The Morgan fingerprint density at radius 1 is 0.789 bits per heavy atom. The monoisotopic (exact) mass is 264 g/mol. The van der Waals surface area contributed by atoms with Crippen LogP contribution >= 0.6 is 0 Å². The lowest BCUT2D eigenvalue weighted by Gasteiger charge is -1.81. The van der Waals surface area contributed by atoms with Crippen LogP contribution in [0, 0.1) is 13.8 Å². The molecule has 0 radical (unpaired) electrons. The van der Waals surface area contributed by atoms with Gasteiger partial charge in [-0.25, -0.2) is 19.9 Å². The summed E-state index contributed by atoms with van der Waals surface area (Å²) in [7, 11) is 0. The molecule has 108 valence electrons. The van der Waals surface area contributed by atoms with Crippen molar-refractivity contribution in [3.8, 4) is 0 Å². The molecular weight excluding hydrogens is 236 g/mol. The number of aryl methyl sites for hydroxylation is 2. The summed E-state index contributed by atoms with van der Waals surface area (Å²) in [5, 5.41) is 0. The molecule has 0 aliphatic carbocycles. The second-order valence-corrected chi connectivity index (χ2v) is 2.65. The highest BCUT2D eigenvalue weighted by molar-refractivity contribution is 4.92. The third-order valence-electron chi connectivity index (χ3n) is 1.42.